The summed E-state index contributed by atoms with van der Waals surface area (Å²) in [5.41, 5.74) is 5.62. The van der Waals surface area contributed by atoms with Crippen molar-refractivity contribution in [2.75, 3.05) is 5.32 Å². The smallest absolute Gasteiger partial charge is 0.268 e. The zero-order chi connectivity index (χ0) is 20.4. The summed E-state index contributed by atoms with van der Waals surface area (Å²) in [5, 5.41) is 15.1. The SMILES string of the molecule is Cc1csc(NC(=O)/C(C#N)=C\c2cc(C)n(-c3cc(Cl)ccc3C)c2C)n1. The Hall–Kier alpha value is -2.88. The second kappa shape index (κ2) is 8.01. The molecule has 7 heteroatoms. The molecule has 28 heavy (non-hydrogen) atoms. The first-order valence-corrected chi connectivity index (χ1v) is 9.86. The molecule has 1 N–H and O–H groups in total. The summed E-state index contributed by atoms with van der Waals surface area (Å²) in [4.78, 5) is 16.7. The Bertz CT molecular complexity index is 1130. The molecule has 0 saturated heterocycles. The molecular formula is C21H19ClN4OS. The van der Waals surface area contributed by atoms with Gasteiger partial charge in [-0.2, -0.15) is 5.26 Å². The number of halogens is 1. The van der Waals surface area contributed by atoms with Gasteiger partial charge in [-0.3, -0.25) is 10.1 Å². The summed E-state index contributed by atoms with van der Waals surface area (Å²) < 4.78 is 2.07. The zero-order valence-corrected chi connectivity index (χ0v) is 17.6. The van der Waals surface area contributed by atoms with Crippen LogP contribution in [0.5, 0.6) is 0 Å². The number of carbonyl (C=O) groups is 1. The van der Waals surface area contributed by atoms with E-state index in [1.807, 2.05) is 63.4 Å². The molecule has 3 rings (SSSR count). The molecule has 0 aliphatic carbocycles. The van der Waals surface area contributed by atoms with Crippen molar-refractivity contribution in [3.05, 3.63) is 68.4 Å². The van der Waals surface area contributed by atoms with Gasteiger partial charge in [0, 0.05) is 27.5 Å². The molecule has 2 heterocycles. The van der Waals surface area contributed by atoms with Crippen LogP contribution in [0.3, 0.4) is 0 Å². The van der Waals surface area contributed by atoms with Crippen LogP contribution in [0.1, 0.15) is 28.2 Å². The summed E-state index contributed by atoms with van der Waals surface area (Å²) in [6, 6.07) is 9.67. The van der Waals surface area contributed by atoms with Gasteiger partial charge in [-0.15, -0.1) is 11.3 Å². The van der Waals surface area contributed by atoms with Crippen LogP contribution >= 0.6 is 22.9 Å². The average molecular weight is 411 g/mol. The van der Waals surface area contributed by atoms with Gasteiger partial charge in [0.2, 0.25) is 0 Å². The lowest BCUT2D eigenvalue weighted by atomic mass is 10.1. The molecule has 0 saturated carbocycles. The fourth-order valence-corrected chi connectivity index (χ4v) is 3.86. The Kier molecular flexibility index (Phi) is 5.68. The topological polar surface area (TPSA) is 70.7 Å². The molecule has 0 fully saturated rings. The molecule has 0 unspecified atom stereocenters. The van der Waals surface area contributed by atoms with Gasteiger partial charge in [-0.05, 0) is 63.1 Å². The predicted octanol–water partition coefficient (Wildman–Crippen LogP) is 5.37. The number of rotatable bonds is 4. The number of nitrogens with zero attached hydrogens (tertiary/aromatic N) is 3. The van der Waals surface area contributed by atoms with Crippen LogP contribution in [0.4, 0.5) is 5.13 Å². The molecule has 0 atom stereocenters. The molecule has 3 aromatic rings. The van der Waals surface area contributed by atoms with Crippen molar-refractivity contribution >= 4 is 40.1 Å². The fourth-order valence-electron chi connectivity index (χ4n) is 3.01. The van der Waals surface area contributed by atoms with E-state index >= 15 is 0 Å². The highest BCUT2D eigenvalue weighted by molar-refractivity contribution is 7.13. The Balaban J connectivity index is 1.98. The molecule has 142 valence electrons. The van der Waals surface area contributed by atoms with Crippen molar-refractivity contribution in [2.45, 2.75) is 27.7 Å². The average Bonchev–Trinajstić information content (AvgIpc) is 3.17. The number of amides is 1. The predicted molar refractivity (Wildman–Crippen MR) is 114 cm³/mol. The molecule has 0 spiro atoms. The van der Waals surface area contributed by atoms with Crippen LogP contribution in [0.15, 0.2) is 35.2 Å². The van der Waals surface area contributed by atoms with Crippen LogP contribution in [-0.4, -0.2) is 15.5 Å². The number of aromatic nitrogens is 2. The van der Waals surface area contributed by atoms with E-state index in [-0.39, 0.29) is 5.57 Å². The minimum absolute atomic E-state index is 0.0240. The minimum Gasteiger partial charge on any atom is -0.318 e. The third kappa shape index (κ3) is 4.01. The zero-order valence-electron chi connectivity index (χ0n) is 16.0. The normalized spacial score (nSPS) is 11.4. The first-order chi connectivity index (χ1) is 13.3. The maximum absolute atomic E-state index is 12.5. The molecule has 5 nitrogen and oxygen atoms in total. The summed E-state index contributed by atoms with van der Waals surface area (Å²) in [7, 11) is 0. The Morgan fingerprint density at radius 2 is 2.04 bits per heavy atom. The van der Waals surface area contributed by atoms with Gasteiger partial charge >= 0.3 is 0 Å². The van der Waals surface area contributed by atoms with Crippen LogP contribution < -0.4 is 5.32 Å². The third-order valence-electron chi connectivity index (χ3n) is 4.39. The number of hydrogen-bond donors (Lipinski definition) is 1. The molecule has 1 amide bonds. The second-order valence-corrected chi connectivity index (χ2v) is 7.81. The van der Waals surface area contributed by atoms with Crippen LogP contribution in [0.25, 0.3) is 11.8 Å². The highest BCUT2D eigenvalue weighted by Crippen LogP contribution is 2.27. The van der Waals surface area contributed by atoms with E-state index in [1.165, 1.54) is 11.3 Å². The van der Waals surface area contributed by atoms with Crippen molar-refractivity contribution in [1.29, 1.82) is 5.26 Å². The number of hydrogen-bond acceptors (Lipinski definition) is 4. The third-order valence-corrected chi connectivity index (χ3v) is 5.50. The van der Waals surface area contributed by atoms with Gasteiger partial charge in [-0.25, -0.2) is 4.98 Å². The van der Waals surface area contributed by atoms with Gasteiger partial charge in [0.05, 0.1) is 5.69 Å². The van der Waals surface area contributed by atoms with E-state index in [0.717, 1.165) is 33.9 Å². The van der Waals surface area contributed by atoms with Crippen LogP contribution in [-0.2, 0) is 4.79 Å². The van der Waals surface area contributed by atoms with E-state index in [1.54, 1.807) is 6.08 Å². The van der Waals surface area contributed by atoms with Gasteiger partial charge < -0.3 is 4.57 Å². The monoisotopic (exact) mass is 410 g/mol. The first-order valence-electron chi connectivity index (χ1n) is 8.61. The summed E-state index contributed by atoms with van der Waals surface area (Å²) in [6.45, 7) is 7.80. The van der Waals surface area contributed by atoms with Crippen molar-refractivity contribution in [2.24, 2.45) is 0 Å². The number of carbonyl (C=O) groups excluding carboxylic acids is 1. The van der Waals surface area contributed by atoms with Crippen molar-refractivity contribution in [3.63, 3.8) is 0 Å². The lowest BCUT2D eigenvalue weighted by Crippen LogP contribution is -2.13. The molecular weight excluding hydrogens is 392 g/mol. The number of anilines is 1. The Morgan fingerprint density at radius 3 is 2.68 bits per heavy atom. The summed E-state index contributed by atoms with van der Waals surface area (Å²) in [6.07, 6.45) is 1.61. The van der Waals surface area contributed by atoms with Crippen molar-refractivity contribution in [1.82, 2.24) is 9.55 Å². The number of thiazole rings is 1. The first kappa shape index (κ1) is 19.9. The molecule has 0 aliphatic rings. The maximum atomic E-state index is 12.5. The largest absolute Gasteiger partial charge is 0.318 e. The summed E-state index contributed by atoms with van der Waals surface area (Å²) >= 11 is 7.50. The van der Waals surface area contributed by atoms with Gasteiger partial charge in [0.25, 0.3) is 5.91 Å². The van der Waals surface area contributed by atoms with Crippen molar-refractivity contribution < 1.29 is 4.79 Å². The Morgan fingerprint density at radius 1 is 1.29 bits per heavy atom. The molecule has 0 radical (unpaired) electrons. The van der Waals surface area contributed by atoms with E-state index in [9.17, 15) is 10.1 Å². The highest BCUT2D eigenvalue weighted by Gasteiger charge is 2.16. The number of nitriles is 1. The summed E-state index contributed by atoms with van der Waals surface area (Å²) in [5.74, 6) is -0.472. The lowest BCUT2D eigenvalue weighted by molar-refractivity contribution is -0.112. The maximum Gasteiger partial charge on any atom is 0.268 e. The van der Waals surface area contributed by atoms with Crippen molar-refractivity contribution in [3.8, 4) is 11.8 Å². The van der Waals surface area contributed by atoms with E-state index in [2.05, 4.69) is 14.9 Å². The second-order valence-electron chi connectivity index (χ2n) is 6.51. The molecule has 2 aromatic heterocycles. The standard InChI is InChI=1S/C21H19ClN4OS/c1-12-5-6-18(22)9-19(12)26-14(3)7-16(15(26)4)8-17(10-23)20(27)25-21-24-13(2)11-28-21/h5-9,11H,1-4H3,(H,24,25,27)/b17-8-. The number of nitrogens with one attached hydrogen (secondary N) is 1. The van der Waals surface area contributed by atoms with E-state index < -0.39 is 5.91 Å². The van der Waals surface area contributed by atoms with Gasteiger partial charge in [0.15, 0.2) is 5.13 Å². The highest BCUT2D eigenvalue weighted by atomic mass is 35.5. The number of aryl methyl sites for hydroxylation is 3. The molecule has 0 aliphatic heterocycles. The quantitative estimate of drug-likeness (QED) is 0.464. The van der Waals surface area contributed by atoms with Gasteiger partial charge in [0.1, 0.15) is 11.6 Å². The number of benzene rings is 1. The fraction of sp³-hybridized carbons (Fsp3) is 0.190. The van der Waals surface area contributed by atoms with Crippen LogP contribution in [0, 0.1) is 39.0 Å². The van der Waals surface area contributed by atoms with Crippen LogP contribution in [0.2, 0.25) is 5.02 Å². The van der Waals surface area contributed by atoms with E-state index in [4.69, 9.17) is 11.6 Å². The van der Waals surface area contributed by atoms with Gasteiger partial charge in [-0.1, -0.05) is 17.7 Å². The van der Waals surface area contributed by atoms with E-state index in [0.29, 0.717) is 10.2 Å². The molecule has 1 aromatic carbocycles. The lowest BCUT2D eigenvalue weighted by Gasteiger charge is -2.13. The minimum atomic E-state index is -0.472. The molecule has 0 bridgehead atoms. The Labute approximate surface area is 172 Å².